The number of pyridine rings is 1. The van der Waals surface area contributed by atoms with Crippen LogP contribution in [0, 0.1) is 5.92 Å². The molecular formula is C13H19N3O3. The molecule has 104 valence electrons. The molecule has 1 saturated carbocycles. The number of carbonyl (C=O) groups excluding carboxylic acids is 1. The minimum absolute atomic E-state index is 0.00432. The van der Waals surface area contributed by atoms with Gasteiger partial charge in [-0.05, 0) is 24.8 Å². The van der Waals surface area contributed by atoms with Gasteiger partial charge in [0, 0.05) is 31.5 Å². The van der Waals surface area contributed by atoms with E-state index in [1.54, 1.807) is 11.9 Å². The normalized spacial score (nSPS) is 21.8. The highest BCUT2D eigenvalue weighted by atomic mass is 16.3. The molecular weight excluding hydrogens is 246 g/mol. The van der Waals surface area contributed by atoms with E-state index in [-0.39, 0.29) is 24.1 Å². The van der Waals surface area contributed by atoms with Gasteiger partial charge in [-0.1, -0.05) is 0 Å². The highest BCUT2D eigenvalue weighted by molar-refractivity contribution is 5.75. The Morgan fingerprint density at radius 3 is 2.84 bits per heavy atom. The molecule has 1 aromatic heterocycles. The van der Waals surface area contributed by atoms with Gasteiger partial charge >= 0.3 is 0 Å². The van der Waals surface area contributed by atoms with Crippen LogP contribution in [0.3, 0.4) is 0 Å². The van der Waals surface area contributed by atoms with E-state index in [4.69, 9.17) is 5.73 Å². The number of hydrogen-bond acceptors (Lipinski definition) is 4. The number of carbonyl (C=O) groups is 1. The van der Waals surface area contributed by atoms with Crippen molar-refractivity contribution in [3.05, 3.63) is 28.7 Å². The second-order valence-electron chi connectivity index (χ2n) is 5.19. The summed E-state index contributed by atoms with van der Waals surface area (Å²) in [6.07, 6.45) is 2.75. The van der Waals surface area contributed by atoms with Crippen molar-refractivity contribution in [1.82, 2.24) is 9.47 Å². The summed E-state index contributed by atoms with van der Waals surface area (Å²) in [4.78, 5) is 25.2. The fraction of sp³-hybridized carbons (Fsp3) is 0.538. The fourth-order valence-electron chi connectivity index (χ4n) is 2.28. The van der Waals surface area contributed by atoms with Crippen LogP contribution in [0.4, 0.5) is 5.69 Å². The highest BCUT2D eigenvalue weighted by Crippen LogP contribution is 2.27. The first-order chi connectivity index (χ1) is 8.95. The van der Waals surface area contributed by atoms with E-state index in [1.807, 2.05) is 0 Å². The largest absolute Gasteiger partial charge is 0.398 e. The fourth-order valence-corrected chi connectivity index (χ4v) is 2.28. The second-order valence-corrected chi connectivity index (χ2v) is 5.19. The Bertz CT molecular complexity index is 520. The summed E-state index contributed by atoms with van der Waals surface area (Å²) in [5, 5.41) is 9.21. The van der Waals surface area contributed by atoms with Gasteiger partial charge in [0.25, 0.3) is 5.56 Å². The smallest absolute Gasteiger partial charge is 0.251 e. The molecule has 0 spiro atoms. The third kappa shape index (κ3) is 3.35. The van der Waals surface area contributed by atoms with Crippen LogP contribution < -0.4 is 11.3 Å². The van der Waals surface area contributed by atoms with Gasteiger partial charge in [-0.15, -0.1) is 0 Å². The zero-order valence-corrected chi connectivity index (χ0v) is 11.0. The van der Waals surface area contributed by atoms with Crippen LogP contribution in [0.5, 0.6) is 0 Å². The first-order valence-electron chi connectivity index (χ1n) is 6.33. The van der Waals surface area contributed by atoms with Crippen LogP contribution >= 0.6 is 0 Å². The van der Waals surface area contributed by atoms with Gasteiger partial charge in [0.2, 0.25) is 5.91 Å². The molecule has 1 amide bonds. The molecule has 1 aliphatic carbocycles. The minimum Gasteiger partial charge on any atom is -0.398 e. The summed E-state index contributed by atoms with van der Waals surface area (Å²) in [6, 6.07) is 2.87. The quantitative estimate of drug-likeness (QED) is 0.779. The lowest BCUT2D eigenvalue weighted by Gasteiger charge is -2.34. The predicted molar refractivity (Wildman–Crippen MR) is 71.5 cm³/mol. The number of amides is 1. The van der Waals surface area contributed by atoms with E-state index < -0.39 is 0 Å². The maximum absolute atomic E-state index is 12.0. The first kappa shape index (κ1) is 13.6. The summed E-state index contributed by atoms with van der Waals surface area (Å²) in [5.41, 5.74) is 5.81. The molecule has 3 N–H and O–H groups in total. The zero-order chi connectivity index (χ0) is 14.0. The molecule has 2 rings (SSSR count). The van der Waals surface area contributed by atoms with Crippen LogP contribution in [0.1, 0.15) is 12.8 Å². The lowest BCUT2D eigenvalue weighted by atomic mass is 9.82. The molecule has 1 aromatic rings. The average molecular weight is 265 g/mol. The number of anilines is 1. The minimum atomic E-state index is -0.241. The number of nitrogens with zero attached hydrogens (tertiary/aromatic N) is 2. The van der Waals surface area contributed by atoms with Gasteiger partial charge in [0.1, 0.15) is 6.54 Å². The van der Waals surface area contributed by atoms with Crippen molar-refractivity contribution in [3.63, 3.8) is 0 Å². The van der Waals surface area contributed by atoms with Crippen LogP contribution in [0.25, 0.3) is 0 Å². The molecule has 1 aliphatic rings. The van der Waals surface area contributed by atoms with Crippen molar-refractivity contribution in [3.8, 4) is 0 Å². The van der Waals surface area contributed by atoms with E-state index in [1.165, 1.54) is 22.9 Å². The summed E-state index contributed by atoms with van der Waals surface area (Å²) in [5.74, 6) is 0.232. The molecule has 1 heterocycles. The Labute approximate surface area is 111 Å². The van der Waals surface area contributed by atoms with Crippen LogP contribution in [-0.2, 0) is 11.3 Å². The standard InChI is InChI=1S/C13H19N3O3/c1-15(6-9-4-11(17)5-9)13(19)8-16-7-10(14)2-3-12(16)18/h2-3,7,9,11,17H,4-6,8,14H2,1H3. The monoisotopic (exact) mass is 265 g/mol. The Morgan fingerprint density at radius 1 is 1.53 bits per heavy atom. The molecule has 6 nitrogen and oxygen atoms in total. The number of likely N-dealkylation sites (N-methyl/N-ethyl adjacent to an activating group) is 1. The van der Waals surface area contributed by atoms with Gasteiger partial charge in [0.15, 0.2) is 0 Å². The molecule has 0 saturated heterocycles. The number of nitrogen functional groups attached to an aromatic ring is 1. The summed E-state index contributed by atoms with van der Waals surface area (Å²) in [7, 11) is 1.71. The van der Waals surface area contributed by atoms with Crippen LogP contribution in [0.2, 0.25) is 0 Å². The lowest BCUT2D eigenvalue weighted by molar-refractivity contribution is -0.132. The van der Waals surface area contributed by atoms with E-state index in [2.05, 4.69) is 0 Å². The Morgan fingerprint density at radius 2 is 2.21 bits per heavy atom. The number of aliphatic hydroxyl groups is 1. The van der Waals surface area contributed by atoms with E-state index in [9.17, 15) is 14.7 Å². The summed E-state index contributed by atoms with van der Waals surface area (Å²) in [6.45, 7) is 0.614. The summed E-state index contributed by atoms with van der Waals surface area (Å²) >= 11 is 0. The lowest BCUT2D eigenvalue weighted by Crippen LogP contribution is -2.41. The molecule has 0 atom stereocenters. The van der Waals surface area contributed by atoms with Crippen molar-refractivity contribution in [2.75, 3.05) is 19.3 Å². The van der Waals surface area contributed by atoms with Crippen molar-refractivity contribution in [2.45, 2.75) is 25.5 Å². The molecule has 19 heavy (non-hydrogen) atoms. The maximum atomic E-state index is 12.0. The average Bonchev–Trinajstić information content (AvgIpc) is 2.31. The number of nitrogens with two attached hydrogens (primary N) is 1. The van der Waals surface area contributed by atoms with E-state index in [0.717, 1.165) is 12.8 Å². The van der Waals surface area contributed by atoms with Crippen molar-refractivity contribution >= 4 is 11.6 Å². The predicted octanol–water partition coefficient (Wildman–Crippen LogP) is -0.340. The van der Waals surface area contributed by atoms with Crippen LogP contribution in [0.15, 0.2) is 23.1 Å². The van der Waals surface area contributed by atoms with Gasteiger partial charge in [-0.25, -0.2) is 0 Å². The van der Waals surface area contributed by atoms with Crippen LogP contribution in [-0.4, -0.2) is 40.2 Å². The molecule has 0 bridgehead atoms. The topological polar surface area (TPSA) is 88.6 Å². The number of aromatic nitrogens is 1. The van der Waals surface area contributed by atoms with Gasteiger partial charge in [-0.3, -0.25) is 9.59 Å². The van der Waals surface area contributed by atoms with Crippen molar-refractivity contribution in [1.29, 1.82) is 0 Å². The third-order valence-corrected chi connectivity index (χ3v) is 3.48. The second kappa shape index (κ2) is 5.44. The van der Waals surface area contributed by atoms with E-state index >= 15 is 0 Å². The maximum Gasteiger partial charge on any atom is 0.251 e. The molecule has 0 unspecified atom stereocenters. The van der Waals surface area contributed by atoms with Crippen molar-refractivity contribution in [2.24, 2.45) is 5.92 Å². The van der Waals surface area contributed by atoms with E-state index in [0.29, 0.717) is 18.2 Å². The number of aliphatic hydroxyl groups excluding tert-OH is 1. The number of hydrogen-bond donors (Lipinski definition) is 2. The highest BCUT2D eigenvalue weighted by Gasteiger charge is 2.29. The third-order valence-electron chi connectivity index (χ3n) is 3.48. The molecule has 1 fully saturated rings. The van der Waals surface area contributed by atoms with Gasteiger partial charge in [0.05, 0.1) is 6.10 Å². The first-order valence-corrected chi connectivity index (χ1v) is 6.33. The Balaban J connectivity index is 1.92. The van der Waals surface area contributed by atoms with Gasteiger partial charge < -0.3 is 20.3 Å². The molecule has 0 aliphatic heterocycles. The summed E-state index contributed by atoms with van der Waals surface area (Å²) < 4.78 is 1.31. The molecule has 0 radical (unpaired) electrons. The molecule has 0 aromatic carbocycles. The Kier molecular flexibility index (Phi) is 3.90. The van der Waals surface area contributed by atoms with Crippen molar-refractivity contribution < 1.29 is 9.90 Å². The molecule has 6 heteroatoms. The Hall–Kier alpha value is -1.82. The number of rotatable bonds is 4. The SMILES string of the molecule is CN(CC1CC(O)C1)C(=O)Cn1cc(N)ccc1=O. The zero-order valence-electron chi connectivity index (χ0n) is 11.0. The van der Waals surface area contributed by atoms with Gasteiger partial charge in [-0.2, -0.15) is 0 Å².